The summed E-state index contributed by atoms with van der Waals surface area (Å²) >= 11 is 0. The van der Waals surface area contributed by atoms with Crippen LogP contribution in [-0.2, 0) is 4.74 Å². The maximum absolute atomic E-state index is 12.7. The largest absolute Gasteiger partial charge is 0.364 e. The molecule has 4 aromatic rings. The summed E-state index contributed by atoms with van der Waals surface area (Å²) in [5, 5.41) is 12.0. The van der Waals surface area contributed by atoms with Gasteiger partial charge in [0.1, 0.15) is 12.4 Å². The van der Waals surface area contributed by atoms with Gasteiger partial charge in [0.15, 0.2) is 5.82 Å². The number of anilines is 4. The van der Waals surface area contributed by atoms with Gasteiger partial charge in [-0.05, 0) is 54.4 Å². The fraction of sp³-hybridized carbons (Fsp3) is 0.231. The van der Waals surface area contributed by atoms with Gasteiger partial charge in [0.25, 0.3) is 5.95 Å². The van der Waals surface area contributed by atoms with Gasteiger partial charge < -0.3 is 15.4 Å². The quantitative estimate of drug-likeness (QED) is 0.390. The summed E-state index contributed by atoms with van der Waals surface area (Å²) < 4.78 is 6.03. The Bertz CT molecular complexity index is 1440. The Hall–Kier alpha value is -4.28. The predicted octanol–water partition coefficient (Wildman–Crippen LogP) is 4.50. The fourth-order valence-electron chi connectivity index (χ4n) is 4.53. The first-order chi connectivity index (χ1) is 17.5. The van der Waals surface area contributed by atoms with Gasteiger partial charge in [-0.1, -0.05) is 36.4 Å². The molecule has 3 heterocycles. The van der Waals surface area contributed by atoms with E-state index in [1.54, 1.807) is 0 Å². The van der Waals surface area contributed by atoms with Crippen LogP contribution in [0.5, 0.6) is 0 Å². The lowest BCUT2D eigenvalue weighted by Gasteiger charge is -2.40. The molecule has 3 unspecified atom stereocenters. The standard InChI is InChI=1S/C26H26N8O2/c1-16-7-9-21(30-26(35)29-20-10-8-18-5-3-4-6-19(18)11-20)12-22(16)32-34-25-28-15-27-24(31-25)23-14-33(34)13-17(2)36-23/h3-12,15,17,23,32H,13-14H2,1-2H3,(H2,29,30,35). The number of nitrogens with one attached hydrogen (secondary N) is 3. The van der Waals surface area contributed by atoms with Crippen molar-refractivity contribution in [2.24, 2.45) is 0 Å². The van der Waals surface area contributed by atoms with Crippen molar-refractivity contribution in [2.75, 3.05) is 34.3 Å². The molecule has 0 aliphatic carbocycles. The molecular formula is C26H26N8O2. The molecule has 1 saturated heterocycles. The smallest absolute Gasteiger partial charge is 0.323 e. The van der Waals surface area contributed by atoms with Crippen LogP contribution in [-0.4, -0.2) is 45.2 Å². The maximum atomic E-state index is 12.7. The highest BCUT2D eigenvalue weighted by Gasteiger charge is 2.36. The highest BCUT2D eigenvalue weighted by atomic mass is 16.5. The van der Waals surface area contributed by atoms with Crippen molar-refractivity contribution in [3.8, 4) is 0 Å². The second-order valence-corrected chi connectivity index (χ2v) is 9.04. The SMILES string of the molecule is Cc1ccc(NC(=O)Nc2ccc3ccccc3c2)cc1NN1c2ncnc(n2)C2CN1CC(C)O2. The number of rotatable bonds is 4. The summed E-state index contributed by atoms with van der Waals surface area (Å²) in [6.45, 7) is 5.32. The number of aromatic nitrogens is 3. The van der Waals surface area contributed by atoms with Crippen LogP contribution in [0.15, 0.2) is 67.0 Å². The molecule has 10 nitrogen and oxygen atoms in total. The summed E-state index contributed by atoms with van der Waals surface area (Å²) in [6, 6.07) is 19.3. The van der Waals surface area contributed by atoms with E-state index in [0.717, 1.165) is 27.7 Å². The third kappa shape index (κ3) is 4.39. The summed E-state index contributed by atoms with van der Waals surface area (Å²) in [5.41, 5.74) is 6.64. The van der Waals surface area contributed by atoms with Crippen LogP contribution in [0.4, 0.5) is 27.8 Å². The van der Waals surface area contributed by atoms with Crippen LogP contribution in [0.25, 0.3) is 10.8 Å². The molecule has 36 heavy (non-hydrogen) atoms. The molecular weight excluding hydrogens is 456 g/mol. The van der Waals surface area contributed by atoms with E-state index in [-0.39, 0.29) is 18.2 Å². The minimum absolute atomic E-state index is 0.0128. The van der Waals surface area contributed by atoms with Crippen LogP contribution in [0.2, 0.25) is 0 Å². The lowest BCUT2D eigenvalue weighted by Crippen LogP contribution is -2.54. The van der Waals surface area contributed by atoms with Gasteiger partial charge in [0.2, 0.25) is 0 Å². The first-order valence-electron chi connectivity index (χ1n) is 11.9. The molecule has 2 amide bonds. The minimum atomic E-state index is -0.318. The Balaban J connectivity index is 1.20. The van der Waals surface area contributed by atoms with E-state index in [2.05, 4.69) is 36.0 Å². The molecule has 3 atom stereocenters. The van der Waals surface area contributed by atoms with Crippen molar-refractivity contribution in [1.29, 1.82) is 0 Å². The number of morpholine rings is 1. The summed E-state index contributed by atoms with van der Waals surface area (Å²) in [6.07, 6.45) is 1.30. The third-order valence-corrected chi connectivity index (χ3v) is 6.31. The van der Waals surface area contributed by atoms with Gasteiger partial charge in [0, 0.05) is 17.9 Å². The lowest BCUT2D eigenvalue weighted by molar-refractivity contribution is -0.0814. The van der Waals surface area contributed by atoms with E-state index in [1.807, 2.05) is 79.6 Å². The Morgan fingerprint density at radius 2 is 1.75 bits per heavy atom. The van der Waals surface area contributed by atoms with Crippen molar-refractivity contribution in [3.63, 3.8) is 0 Å². The average Bonchev–Trinajstić information content (AvgIpc) is 2.94. The molecule has 0 saturated carbocycles. The molecule has 3 aromatic carbocycles. The number of ether oxygens (including phenoxy) is 1. The van der Waals surface area contributed by atoms with Crippen LogP contribution < -0.4 is 21.2 Å². The van der Waals surface area contributed by atoms with E-state index in [9.17, 15) is 4.79 Å². The molecule has 3 N–H and O–H groups in total. The van der Waals surface area contributed by atoms with E-state index in [1.165, 1.54) is 6.33 Å². The average molecular weight is 483 g/mol. The molecule has 1 fully saturated rings. The second-order valence-electron chi connectivity index (χ2n) is 9.04. The molecule has 1 aromatic heterocycles. The Morgan fingerprint density at radius 3 is 2.61 bits per heavy atom. The van der Waals surface area contributed by atoms with Crippen molar-refractivity contribution in [2.45, 2.75) is 26.1 Å². The topological polar surface area (TPSA) is 108 Å². The molecule has 2 aliphatic rings. The van der Waals surface area contributed by atoms with Gasteiger partial charge >= 0.3 is 6.03 Å². The van der Waals surface area contributed by atoms with E-state index in [4.69, 9.17) is 4.74 Å². The third-order valence-electron chi connectivity index (χ3n) is 6.31. The lowest BCUT2D eigenvalue weighted by atomic mass is 10.1. The molecule has 0 spiro atoms. The zero-order valence-electron chi connectivity index (χ0n) is 20.0. The number of hydrogen-bond donors (Lipinski definition) is 3. The van der Waals surface area contributed by atoms with E-state index < -0.39 is 0 Å². The molecule has 10 heteroatoms. The van der Waals surface area contributed by atoms with Crippen molar-refractivity contribution < 1.29 is 9.53 Å². The highest BCUT2D eigenvalue weighted by Crippen LogP contribution is 2.30. The van der Waals surface area contributed by atoms with Crippen LogP contribution in [0, 0.1) is 6.92 Å². The van der Waals surface area contributed by atoms with Crippen LogP contribution in [0.1, 0.15) is 24.4 Å². The molecule has 182 valence electrons. The Labute approximate surface area is 208 Å². The number of nitrogens with zero attached hydrogens (tertiary/aromatic N) is 5. The van der Waals surface area contributed by atoms with E-state index >= 15 is 0 Å². The number of hydrazine groups is 2. The second kappa shape index (κ2) is 9.06. The Morgan fingerprint density at radius 1 is 0.972 bits per heavy atom. The van der Waals surface area contributed by atoms with Gasteiger partial charge in [-0.2, -0.15) is 20.1 Å². The molecule has 2 aliphatic heterocycles. The normalized spacial score (nSPS) is 20.5. The van der Waals surface area contributed by atoms with Crippen molar-refractivity contribution in [3.05, 3.63) is 78.4 Å². The molecule has 6 rings (SSSR count). The predicted molar refractivity (Wildman–Crippen MR) is 139 cm³/mol. The monoisotopic (exact) mass is 482 g/mol. The Kier molecular flexibility index (Phi) is 5.59. The maximum Gasteiger partial charge on any atom is 0.323 e. The highest BCUT2D eigenvalue weighted by molar-refractivity contribution is 6.01. The van der Waals surface area contributed by atoms with Gasteiger partial charge in [0.05, 0.1) is 18.3 Å². The number of benzene rings is 3. The number of urea groups is 1. The summed E-state index contributed by atoms with van der Waals surface area (Å²) in [5.74, 6) is 1.12. The number of carbonyl (C=O) groups is 1. The molecule has 4 bridgehead atoms. The number of fused-ring (bicyclic) bond motifs is 6. The zero-order valence-corrected chi connectivity index (χ0v) is 20.0. The molecule has 0 radical (unpaired) electrons. The van der Waals surface area contributed by atoms with Gasteiger partial charge in [-0.25, -0.2) is 9.78 Å². The summed E-state index contributed by atoms with van der Waals surface area (Å²) in [4.78, 5) is 26.0. The van der Waals surface area contributed by atoms with E-state index in [0.29, 0.717) is 30.5 Å². The number of amides is 2. The van der Waals surface area contributed by atoms with Gasteiger partial charge in [-0.3, -0.25) is 5.43 Å². The van der Waals surface area contributed by atoms with Crippen molar-refractivity contribution in [1.82, 2.24) is 20.0 Å². The van der Waals surface area contributed by atoms with Crippen molar-refractivity contribution >= 4 is 39.8 Å². The summed E-state index contributed by atoms with van der Waals surface area (Å²) in [7, 11) is 0. The van der Waals surface area contributed by atoms with Crippen LogP contribution in [0.3, 0.4) is 0 Å². The van der Waals surface area contributed by atoms with Gasteiger partial charge in [-0.15, -0.1) is 0 Å². The number of carbonyl (C=O) groups excluding carboxylic acids is 1. The van der Waals surface area contributed by atoms with Crippen LogP contribution >= 0.6 is 0 Å². The minimum Gasteiger partial charge on any atom is -0.364 e. The first kappa shape index (κ1) is 22.2. The number of aryl methyl sites for hydroxylation is 1. The zero-order chi connectivity index (χ0) is 24.6. The first-order valence-corrected chi connectivity index (χ1v) is 11.9. The number of hydrogen-bond acceptors (Lipinski definition) is 8. The fourth-order valence-corrected chi connectivity index (χ4v) is 4.53.